The Kier molecular flexibility index (Phi) is 8.15. The Labute approximate surface area is 140 Å². The minimum Gasteiger partial charge on any atom is -0.349 e. The molecule has 1 heterocycles. The van der Waals surface area contributed by atoms with Crippen LogP contribution in [0.5, 0.6) is 0 Å². The van der Waals surface area contributed by atoms with Gasteiger partial charge in [0.2, 0.25) is 0 Å². The molecule has 116 valence electrons. The molecule has 0 aromatic carbocycles. The van der Waals surface area contributed by atoms with E-state index >= 15 is 0 Å². The van der Waals surface area contributed by atoms with Crippen LogP contribution in [-0.2, 0) is 13.5 Å². The standard InChI is InChI=1S/C14H27N5.HI/c1-11-13(12(2)19(7)16-11)9-8-10-15-14(17(3)4)18(5)6;/h8-10H2,1-7H3;1H. The molecule has 0 saturated carbocycles. The van der Waals surface area contributed by atoms with Gasteiger partial charge < -0.3 is 9.80 Å². The first kappa shape index (κ1) is 19.2. The summed E-state index contributed by atoms with van der Waals surface area (Å²) >= 11 is 0. The number of halogens is 1. The molecule has 0 aliphatic rings. The van der Waals surface area contributed by atoms with E-state index in [0.717, 1.165) is 31.0 Å². The SMILES string of the molecule is Cc1nn(C)c(C)c1CCCN=C(N(C)C)N(C)C.I. The Balaban J connectivity index is 0.00000361. The number of guanidine groups is 1. The Morgan fingerprint density at radius 2 is 1.70 bits per heavy atom. The molecule has 5 nitrogen and oxygen atoms in total. The number of rotatable bonds is 4. The van der Waals surface area contributed by atoms with E-state index in [2.05, 4.69) is 23.9 Å². The Bertz CT molecular complexity index is 439. The number of hydrogen-bond donors (Lipinski definition) is 0. The highest BCUT2D eigenvalue weighted by molar-refractivity contribution is 14.0. The van der Waals surface area contributed by atoms with Crippen molar-refractivity contribution in [2.75, 3.05) is 34.7 Å². The lowest BCUT2D eigenvalue weighted by Crippen LogP contribution is -2.35. The fourth-order valence-corrected chi connectivity index (χ4v) is 2.30. The van der Waals surface area contributed by atoms with Crippen LogP contribution in [0.1, 0.15) is 23.4 Å². The van der Waals surface area contributed by atoms with Gasteiger partial charge in [-0.3, -0.25) is 9.67 Å². The Hall–Kier alpha value is -0.790. The molecule has 0 aliphatic heterocycles. The predicted octanol–water partition coefficient (Wildman–Crippen LogP) is 2.07. The van der Waals surface area contributed by atoms with Gasteiger partial charge >= 0.3 is 0 Å². The first-order valence-corrected chi connectivity index (χ1v) is 6.72. The summed E-state index contributed by atoms with van der Waals surface area (Å²) in [6.07, 6.45) is 2.10. The molecule has 0 bridgehead atoms. The maximum atomic E-state index is 4.65. The van der Waals surface area contributed by atoms with Crippen molar-refractivity contribution in [3.63, 3.8) is 0 Å². The lowest BCUT2D eigenvalue weighted by Gasteiger charge is -2.22. The van der Waals surface area contributed by atoms with E-state index < -0.39 is 0 Å². The van der Waals surface area contributed by atoms with Crippen LogP contribution >= 0.6 is 24.0 Å². The molecule has 6 heteroatoms. The van der Waals surface area contributed by atoms with Crippen LogP contribution in [0.25, 0.3) is 0 Å². The first-order chi connectivity index (χ1) is 8.84. The largest absolute Gasteiger partial charge is 0.349 e. The fourth-order valence-electron chi connectivity index (χ4n) is 2.30. The zero-order valence-electron chi connectivity index (χ0n) is 13.8. The summed E-state index contributed by atoms with van der Waals surface area (Å²) in [5.74, 6) is 1.01. The second-order valence-corrected chi connectivity index (χ2v) is 5.35. The summed E-state index contributed by atoms with van der Waals surface area (Å²) in [4.78, 5) is 8.73. The van der Waals surface area contributed by atoms with Gasteiger partial charge in [-0.25, -0.2) is 0 Å². The van der Waals surface area contributed by atoms with Crippen LogP contribution in [0.2, 0.25) is 0 Å². The van der Waals surface area contributed by atoms with E-state index in [1.165, 1.54) is 11.3 Å². The molecular weight excluding hydrogens is 365 g/mol. The van der Waals surface area contributed by atoms with Crippen LogP contribution in [0.15, 0.2) is 4.99 Å². The van der Waals surface area contributed by atoms with Gasteiger partial charge in [0.05, 0.1) is 5.69 Å². The number of aliphatic imine (C=N–C) groups is 1. The maximum Gasteiger partial charge on any atom is 0.195 e. The van der Waals surface area contributed by atoms with Crippen molar-refractivity contribution >= 4 is 29.9 Å². The van der Waals surface area contributed by atoms with Gasteiger partial charge in [-0.1, -0.05) is 0 Å². The minimum atomic E-state index is 0. The summed E-state index contributed by atoms with van der Waals surface area (Å²) in [7, 11) is 10.1. The van der Waals surface area contributed by atoms with Crippen LogP contribution in [-0.4, -0.2) is 60.3 Å². The molecule has 0 saturated heterocycles. The predicted molar refractivity (Wildman–Crippen MR) is 96.1 cm³/mol. The van der Waals surface area contributed by atoms with Gasteiger partial charge in [0.1, 0.15) is 0 Å². The van der Waals surface area contributed by atoms with Crippen LogP contribution in [0.4, 0.5) is 0 Å². The van der Waals surface area contributed by atoms with Crippen molar-refractivity contribution < 1.29 is 0 Å². The molecule has 0 unspecified atom stereocenters. The molecule has 1 aromatic heterocycles. The van der Waals surface area contributed by atoms with E-state index in [-0.39, 0.29) is 24.0 Å². The smallest absolute Gasteiger partial charge is 0.195 e. The number of hydrogen-bond acceptors (Lipinski definition) is 2. The molecule has 0 atom stereocenters. The third kappa shape index (κ3) is 4.96. The fraction of sp³-hybridized carbons (Fsp3) is 0.714. The van der Waals surface area contributed by atoms with E-state index in [1.54, 1.807) is 0 Å². The van der Waals surface area contributed by atoms with Crippen molar-refractivity contribution in [2.45, 2.75) is 26.7 Å². The van der Waals surface area contributed by atoms with Crippen molar-refractivity contribution in [1.82, 2.24) is 19.6 Å². The van der Waals surface area contributed by atoms with Gasteiger partial charge in [0, 0.05) is 47.5 Å². The van der Waals surface area contributed by atoms with Crippen LogP contribution < -0.4 is 0 Å². The zero-order valence-corrected chi connectivity index (χ0v) is 16.1. The molecule has 0 radical (unpaired) electrons. The first-order valence-electron chi connectivity index (χ1n) is 6.72. The molecule has 1 rings (SSSR count). The van der Waals surface area contributed by atoms with Gasteiger partial charge in [0.25, 0.3) is 0 Å². The minimum absolute atomic E-state index is 0. The topological polar surface area (TPSA) is 36.7 Å². The number of nitrogens with zero attached hydrogens (tertiary/aromatic N) is 5. The summed E-state index contributed by atoms with van der Waals surface area (Å²) in [6.45, 7) is 5.06. The molecule has 1 aromatic rings. The third-order valence-electron chi connectivity index (χ3n) is 3.30. The normalized spacial score (nSPS) is 9.95. The highest BCUT2D eigenvalue weighted by Gasteiger charge is 2.09. The molecule has 0 amide bonds. The maximum absolute atomic E-state index is 4.65. The van der Waals surface area contributed by atoms with Gasteiger partial charge in [0.15, 0.2) is 5.96 Å². The lowest BCUT2D eigenvalue weighted by molar-refractivity contribution is 0.479. The van der Waals surface area contributed by atoms with Crippen molar-refractivity contribution in [3.05, 3.63) is 17.0 Å². The van der Waals surface area contributed by atoms with Crippen LogP contribution in [0.3, 0.4) is 0 Å². The zero-order chi connectivity index (χ0) is 14.6. The lowest BCUT2D eigenvalue weighted by atomic mass is 10.1. The second-order valence-electron chi connectivity index (χ2n) is 5.35. The summed E-state index contributed by atoms with van der Waals surface area (Å²) in [5, 5.41) is 4.45. The van der Waals surface area contributed by atoms with E-state index in [1.807, 2.05) is 49.7 Å². The Morgan fingerprint density at radius 3 is 2.10 bits per heavy atom. The van der Waals surface area contributed by atoms with Crippen molar-refractivity contribution in [3.8, 4) is 0 Å². The van der Waals surface area contributed by atoms with E-state index in [4.69, 9.17) is 0 Å². The monoisotopic (exact) mass is 393 g/mol. The molecular formula is C14H28IN5. The van der Waals surface area contributed by atoms with E-state index in [9.17, 15) is 0 Å². The second kappa shape index (κ2) is 8.49. The quantitative estimate of drug-likeness (QED) is 0.340. The summed E-state index contributed by atoms with van der Waals surface area (Å²) < 4.78 is 1.96. The summed E-state index contributed by atoms with van der Waals surface area (Å²) in [6, 6.07) is 0. The molecule has 0 fully saturated rings. The molecule has 20 heavy (non-hydrogen) atoms. The van der Waals surface area contributed by atoms with E-state index in [0.29, 0.717) is 0 Å². The average molecular weight is 393 g/mol. The highest BCUT2D eigenvalue weighted by atomic mass is 127. The van der Waals surface area contributed by atoms with Crippen LogP contribution in [0, 0.1) is 13.8 Å². The summed E-state index contributed by atoms with van der Waals surface area (Å²) in [5.41, 5.74) is 3.78. The molecule has 0 aliphatic carbocycles. The van der Waals surface area contributed by atoms with Gasteiger partial charge in [-0.15, -0.1) is 24.0 Å². The average Bonchev–Trinajstić information content (AvgIpc) is 2.53. The number of aryl methyl sites for hydroxylation is 2. The number of aromatic nitrogens is 2. The Morgan fingerprint density at radius 1 is 1.15 bits per heavy atom. The van der Waals surface area contributed by atoms with Gasteiger partial charge in [-0.05, 0) is 32.3 Å². The van der Waals surface area contributed by atoms with Crippen molar-refractivity contribution in [1.29, 1.82) is 0 Å². The molecule has 0 spiro atoms. The third-order valence-corrected chi connectivity index (χ3v) is 3.30. The van der Waals surface area contributed by atoms with Crippen molar-refractivity contribution in [2.24, 2.45) is 12.0 Å². The molecule has 0 N–H and O–H groups in total. The highest BCUT2D eigenvalue weighted by Crippen LogP contribution is 2.13. The van der Waals surface area contributed by atoms with Gasteiger partial charge in [-0.2, -0.15) is 5.10 Å².